The first-order valence-corrected chi connectivity index (χ1v) is 8.53. The van der Waals surface area contributed by atoms with Crippen LogP contribution in [0.25, 0.3) is 0 Å². The second kappa shape index (κ2) is 9.64. The molecule has 0 aliphatic rings. The number of aromatic carboxylic acids is 1. The van der Waals surface area contributed by atoms with Crippen LogP contribution in [0.1, 0.15) is 27.0 Å². The van der Waals surface area contributed by atoms with Crippen molar-refractivity contribution in [1.29, 1.82) is 0 Å². The first-order chi connectivity index (χ1) is 13.6. The molecule has 0 atom stereocenters. The molecule has 0 amide bonds. The summed E-state index contributed by atoms with van der Waals surface area (Å²) in [5.41, 5.74) is 1.06. The maximum Gasteiger partial charge on any atom is 0.416 e. The lowest BCUT2D eigenvalue weighted by molar-refractivity contribution is -0.137. The number of aromatic hydroxyl groups is 1. The van der Waals surface area contributed by atoms with Crippen LogP contribution in [0.2, 0.25) is 0 Å². The molecule has 0 heterocycles. The van der Waals surface area contributed by atoms with E-state index in [2.05, 4.69) is 0 Å². The van der Waals surface area contributed by atoms with E-state index < -0.39 is 17.7 Å². The van der Waals surface area contributed by atoms with Crippen molar-refractivity contribution in [3.8, 4) is 11.5 Å². The van der Waals surface area contributed by atoms with Crippen LogP contribution in [0, 0.1) is 6.92 Å². The van der Waals surface area contributed by atoms with Gasteiger partial charge in [0.05, 0.1) is 11.1 Å². The minimum absolute atomic E-state index is 0.0741. The fourth-order valence-corrected chi connectivity index (χ4v) is 2.31. The Labute approximate surface area is 165 Å². The summed E-state index contributed by atoms with van der Waals surface area (Å²) in [5, 5.41) is 17.1. The number of carbonyl (C=O) groups is 1. The van der Waals surface area contributed by atoms with Crippen molar-refractivity contribution < 1.29 is 32.9 Å². The number of alkyl halides is 3. The highest BCUT2D eigenvalue weighted by molar-refractivity contribution is 5.87. The Morgan fingerprint density at radius 1 is 0.966 bits per heavy atom. The SMILES string of the molecule is Cc1cccc(OCc2cccc(C(F)(F)F)c2)c1.O=C(O)c1ccc(O)cc1. The van der Waals surface area contributed by atoms with E-state index in [0.29, 0.717) is 11.3 Å². The van der Waals surface area contributed by atoms with Gasteiger partial charge >= 0.3 is 12.1 Å². The summed E-state index contributed by atoms with van der Waals surface area (Å²) >= 11 is 0. The van der Waals surface area contributed by atoms with Crippen molar-refractivity contribution in [2.75, 3.05) is 0 Å². The molecule has 0 fully saturated rings. The fourth-order valence-electron chi connectivity index (χ4n) is 2.31. The molecule has 2 N–H and O–H groups in total. The number of benzene rings is 3. The van der Waals surface area contributed by atoms with E-state index in [0.717, 1.165) is 17.7 Å². The number of phenolic OH excluding ortho intramolecular Hbond substituents is 1. The third-order valence-electron chi connectivity index (χ3n) is 3.76. The molecule has 3 aromatic rings. The van der Waals surface area contributed by atoms with Gasteiger partial charge in [-0.2, -0.15) is 13.2 Å². The topological polar surface area (TPSA) is 66.8 Å². The molecule has 0 saturated carbocycles. The largest absolute Gasteiger partial charge is 0.508 e. The van der Waals surface area contributed by atoms with Crippen LogP contribution in [0.4, 0.5) is 13.2 Å². The van der Waals surface area contributed by atoms with E-state index >= 15 is 0 Å². The van der Waals surface area contributed by atoms with E-state index in [4.69, 9.17) is 14.9 Å². The quantitative estimate of drug-likeness (QED) is 0.587. The predicted molar refractivity (Wildman–Crippen MR) is 102 cm³/mol. The summed E-state index contributed by atoms with van der Waals surface area (Å²) in [6.45, 7) is 2.05. The van der Waals surface area contributed by atoms with E-state index in [9.17, 15) is 18.0 Å². The Morgan fingerprint density at radius 3 is 2.21 bits per heavy atom. The van der Waals surface area contributed by atoms with Crippen molar-refractivity contribution in [1.82, 2.24) is 0 Å². The average molecular weight is 404 g/mol. The third-order valence-corrected chi connectivity index (χ3v) is 3.76. The minimum Gasteiger partial charge on any atom is -0.508 e. The zero-order valence-electron chi connectivity index (χ0n) is 15.5. The summed E-state index contributed by atoms with van der Waals surface area (Å²) in [4.78, 5) is 10.2. The molecule has 29 heavy (non-hydrogen) atoms. The van der Waals surface area contributed by atoms with Crippen LogP contribution in [-0.2, 0) is 12.8 Å². The molecule has 3 aromatic carbocycles. The Hall–Kier alpha value is -3.48. The first kappa shape index (κ1) is 21.8. The minimum atomic E-state index is -4.32. The summed E-state index contributed by atoms with van der Waals surface area (Å²) < 4.78 is 43.1. The zero-order valence-corrected chi connectivity index (χ0v) is 15.5. The molecule has 0 radical (unpaired) electrons. The van der Waals surface area contributed by atoms with Gasteiger partial charge in [-0.05, 0) is 66.6 Å². The summed E-state index contributed by atoms with van der Waals surface area (Å²) in [6.07, 6.45) is -4.32. The van der Waals surface area contributed by atoms with Crippen LogP contribution in [0.3, 0.4) is 0 Å². The highest BCUT2D eigenvalue weighted by Gasteiger charge is 2.30. The molecule has 7 heteroatoms. The van der Waals surface area contributed by atoms with Gasteiger partial charge in [0.2, 0.25) is 0 Å². The molecule has 0 bridgehead atoms. The number of carboxylic acids is 1. The van der Waals surface area contributed by atoms with Gasteiger partial charge in [0.25, 0.3) is 0 Å². The highest BCUT2D eigenvalue weighted by Crippen LogP contribution is 2.29. The lowest BCUT2D eigenvalue weighted by Gasteiger charge is -2.10. The van der Waals surface area contributed by atoms with Crippen molar-refractivity contribution in [2.24, 2.45) is 0 Å². The zero-order chi connectivity index (χ0) is 21.4. The Balaban J connectivity index is 0.000000253. The van der Waals surface area contributed by atoms with Gasteiger partial charge < -0.3 is 14.9 Å². The van der Waals surface area contributed by atoms with Crippen molar-refractivity contribution >= 4 is 5.97 Å². The second-order valence-corrected chi connectivity index (χ2v) is 6.16. The molecule has 4 nitrogen and oxygen atoms in total. The van der Waals surface area contributed by atoms with Gasteiger partial charge in [-0.25, -0.2) is 4.79 Å². The van der Waals surface area contributed by atoms with Crippen LogP contribution >= 0.6 is 0 Å². The van der Waals surface area contributed by atoms with Gasteiger partial charge in [0.15, 0.2) is 0 Å². The molecule has 0 unspecified atom stereocenters. The molecule has 3 rings (SSSR count). The van der Waals surface area contributed by atoms with E-state index in [1.165, 1.54) is 30.3 Å². The number of aryl methyl sites for hydroxylation is 1. The number of ether oxygens (including phenoxy) is 1. The van der Waals surface area contributed by atoms with Gasteiger partial charge in [0.1, 0.15) is 18.1 Å². The highest BCUT2D eigenvalue weighted by atomic mass is 19.4. The lowest BCUT2D eigenvalue weighted by atomic mass is 10.1. The maximum atomic E-state index is 12.5. The average Bonchev–Trinajstić information content (AvgIpc) is 2.67. The Bertz CT molecular complexity index is 951. The first-order valence-electron chi connectivity index (χ1n) is 8.53. The number of phenols is 1. The monoisotopic (exact) mass is 404 g/mol. The van der Waals surface area contributed by atoms with Crippen molar-refractivity contribution in [2.45, 2.75) is 19.7 Å². The molecule has 152 valence electrons. The lowest BCUT2D eigenvalue weighted by Crippen LogP contribution is -2.06. The number of halogens is 3. The molecule has 0 saturated heterocycles. The summed E-state index contributed by atoms with van der Waals surface area (Å²) in [7, 11) is 0. The summed E-state index contributed by atoms with van der Waals surface area (Å²) in [5.74, 6) is -0.262. The van der Waals surface area contributed by atoms with Crippen LogP contribution in [0.5, 0.6) is 11.5 Å². The van der Waals surface area contributed by atoms with Gasteiger partial charge in [-0.3, -0.25) is 0 Å². The number of carboxylic acid groups (broad SMARTS) is 1. The van der Waals surface area contributed by atoms with Gasteiger partial charge in [-0.15, -0.1) is 0 Å². The third kappa shape index (κ3) is 7.21. The summed E-state index contributed by atoms with van der Waals surface area (Å²) in [6, 6.07) is 17.9. The molecular formula is C22H19F3O4. The van der Waals surface area contributed by atoms with Crippen LogP contribution in [0.15, 0.2) is 72.8 Å². The Morgan fingerprint density at radius 2 is 1.62 bits per heavy atom. The Kier molecular flexibility index (Phi) is 7.25. The van der Waals surface area contributed by atoms with Crippen LogP contribution < -0.4 is 4.74 Å². The standard InChI is InChI=1S/C15H13F3O.C7H6O3/c1-11-4-2-7-14(8-11)19-10-12-5-3-6-13(9-12)15(16,17)18;8-6-3-1-5(2-4-6)7(9)10/h2-9H,10H2,1H3;1-4,8H,(H,9,10). The van der Waals surface area contributed by atoms with Gasteiger partial charge in [0, 0.05) is 0 Å². The molecule has 0 aromatic heterocycles. The molecule has 0 spiro atoms. The fraction of sp³-hybridized carbons (Fsp3) is 0.136. The second-order valence-electron chi connectivity index (χ2n) is 6.16. The smallest absolute Gasteiger partial charge is 0.416 e. The van der Waals surface area contributed by atoms with Crippen molar-refractivity contribution in [3.05, 3.63) is 95.1 Å². The normalized spacial score (nSPS) is 10.6. The number of hydrogen-bond donors (Lipinski definition) is 2. The molecule has 0 aliphatic carbocycles. The number of hydrogen-bond acceptors (Lipinski definition) is 3. The maximum absolute atomic E-state index is 12.5. The van der Waals surface area contributed by atoms with E-state index in [1.54, 1.807) is 12.1 Å². The van der Waals surface area contributed by atoms with Crippen LogP contribution in [-0.4, -0.2) is 16.2 Å². The predicted octanol–water partition coefficient (Wildman–Crippen LogP) is 5.68. The van der Waals surface area contributed by atoms with E-state index in [-0.39, 0.29) is 17.9 Å². The number of rotatable bonds is 4. The van der Waals surface area contributed by atoms with Gasteiger partial charge in [-0.1, -0.05) is 24.3 Å². The molecular weight excluding hydrogens is 385 g/mol. The van der Waals surface area contributed by atoms with Crippen molar-refractivity contribution in [3.63, 3.8) is 0 Å². The molecule has 0 aliphatic heterocycles. The van der Waals surface area contributed by atoms with E-state index in [1.807, 2.05) is 25.1 Å².